The van der Waals surface area contributed by atoms with Gasteiger partial charge in [0, 0.05) is 26.1 Å². The minimum atomic E-state index is -0.142. The summed E-state index contributed by atoms with van der Waals surface area (Å²) < 4.78 is 0. The molecule has 2 aliphatic heterocycles. The average Bonchev–Trinajstić information content (AvgIpc) is 2.96. The Kier molecular flexibility index (Phi) is 3.21. The minimum Gasteiger partial charge on any atom is -0.342 e. The normalized spacial score (nSPS) is 31.3. The topological polar surface area (TPSA) is 40.6 Å². The zero-order chi connectivity index (χ0) is 15.3. The molecular weight excluding hydrogens is 276 g/mol. The van der Waals surface area contributed by atoms with Crippen molar-refractivity contribution >= 4 is 11.8 Å². The number of carbonyl (C=O) groups is 2. The van der Waals surface area contributed by atoms with Crippen LogP contribution in [-0.4, -0.2) is 41.2 Å². The number of hydrogen-bond donors (Lipinski definition) is 0. The smallest absolute Gasteiger partial charge is 0.228 e. The lowest BCUT2D eigenvalue weighted by atomic mass is 10.1. The van der Waals surface area contributed by atoms with E-state index in [1.54, 1.807) is 0 Å². The first-order valence-corrected chi connectivity index (χ1v) is 8.26. The first-order chi connectivity index (χ1) is 10.6. The van der Waals surface area contributed by atoms with E-state index in [1.807, 2.05) is 47.1 Å². The van der Waals surface area contributed by atoms with Gasteiger partial charge in [-0.25, -0.2) is 0 Å². The second-order valence-electron chi connectivity index (χ2n) is 7.03. The number of hydrogen-bond acceptors (Lipinski definition) is 2. The maximum atomic E-state index is 12.6. The largest absolute Gasteiger partial charge is 0.342 e. The van der Waals surface area contributed by atoms with E-state index in [4.69, 9.17) is 0 Å². The van der Waals surface area contributed by atoms with Crippen LogP contribution in [0.5, 0.6) is 0 Å². The van der Waals surface area contributed by atoms with Crippen LogP contribution in [0.3, 0.4) is 0 Å². The van der Waals surface area contributed by atoms with E-state index in [9.17, 15) is 9.59 Å². The molecule has 4 atom stereocenters. The lowest BCUT2D eigenvalue weighted by Gasteiger charge is -2.26. The number of fused-ring (bicyclic) bond motifs is 1. The number of rotatable bonds is 3. The van der Waals surface area contributed by atoms with Crippen LogP contribution in [-0.2, 0) is 9.59 Å². The molecule has 0 bridgehead atoms. The van der Waals surface area contributed by atoms with Gasteiger partial charge in [0.05, 0.1) is 12.0 Å². The number of piperidine rings is 1. The fraction of sp³-hybridized carbons (Fsp3) is 0.556. The molecule has 22 heavy (non-hydrogen) atoms. The molecule has 2 heterocycles. The van der Waals surface area contributed by atoms with Gasteiger partial charge < -0.3 is 9.80 Å². The predicted molar refractivity (Wildman–Crippen MR) is 82.9 cm³/mol. The molecule has 2 amide bonds. The summed E-state index contributed by atoms with van der Waals surface area (Å²) in [7, 11) is 0. The maximum Gasteiger partial charge on any atom is 0.228 e. The highest BCUT2D eigenvalue weighted by Crippen LogP contribution is 2.45. The van der Waals surface area contributed by atoms with Crippen molar-refractivity contribution in [1.82, 2.24) is 9.80 Å². The zero-order valence-corrected chi connectivity index (χ0v) is 12.9. The Morgan fingerprint density at radius 1 is 1.14 bits per heavy atom. The molecular formula is C18H22N2O2. The summed E-state index contributed by atoms with van der Waals surface area (Å²) in [6.07, 6.45) is 1.67. The van der Waals surface area contributed by atoms with E-state index in [0.29, 0.717) is 13.0 Å². The Morgan fingerprint density at radius 3 is 2.50 bits per heavy atom. The molecule has 0 N–H and O–H groups in total. The molecule has 0 radical (unpaired) electrons. The molecule has 4 heteroatoms. The lowest BCUT2D eigenvalue weighted by molar-refractivity contribution is -0.135. The molecule has 3 aliphatic rings. The molecule has 4 unspecified atom stereocenters. The molecule has 4 rings (SSSR count). The Bertz CT molecular complexity index is 590. The van der Waals surface area contributed by atoms with E-state index in [1.165, 1.54) is 6.42 Å². The first-order valence-electron chi connectivity index (χ1n) is 8.26. The van der Waals surface area contributed by atoms with Crippen molar-refractivity contribution in [3.05, 3.63) is 35.9 Å². The highest BCUT2D eigenvalue weighted by Gasteiger charge is 2.48. The Labute approximate surface area is 131 Å². The Balaban J connectivity index is 1.43. The predicted octanol–water partition coefficient (Wildman–Crippen LogP) is 2.07. The van der Waals surface area contributed by atoms with Crippen LogP contribution in [0.2, 0.25) is 0 Å². The van der Waals surface area contributed by atoms with Crippen LogP contribution in [0, 0.1) is 17.8 Å². The van der Waals surface area contributed by atoms with E-state index < -0.39 is 0 Å². The Morgan fingerprint density at radius 2 is 1.82 bits per heavy atom. The highest BCUT2D eigenvalue weighted by atomic mass is 16.2. The van der Waals surface area contributed by atoms with E-state index >= 15 is 0 Å². The number of carbonyl (C=O) groups excluding carboxylic acids is 2. The van der Waals surface area contributed by atoms with Gasteiger partial charge in [-0.05, 0) is 30.7 Å². The number of amides is 2. The van der Waals surface area contributed by atoms with Crippen LogP contribution >= 0.6 is 0 Å². The first kappa shape index (κ1) is 13.8. The SMILES string of the molecule is CC(c1ccccc1)N1CC(C(=O)N2CC3CC3C2)CC1=O. The van der Waals surface area contributed by atoms with Gasteiger partial charge in [0.2, 0.25) is 11.8 Å². The quantitative estimate of drug-likeness (QED) is 0.857. The van der Waals surface area contributed by atoms with Crippen molar-refractivity contribution in [3.63, 3.8) is 0 Å². The van der Waals surface area contributed by atoms with Gasteiger partial charge in [0.25, 0.3) is 0 Å². The summed E-state index contributed by atoms with van der Waals surface area (Å²) in [4.78, 5) is 28.8. The third kappa shape index (κ3) is 2.31. The minimum absolute atomic E-state index is 0.0403. The summed E-state index contributed by atoms with van der Waals surface area (Å²) in [5.74, 6) is 1.67. The van der Waals surface area contributed by atoms with Gasteiger partial charge in [0.1, 0.15) is 0 Å². The number of nitrogens with zero attached hydrogens (tertiary/aromatic N) is 2. The average molecular weight is 298 g/mol. The van der Waals surface area contributed by atoms with Crippen molar-refractivity contribution in [3.8, 4) is 0 Å². The van der Waals surface area contributed by atoms with Gasteiger partial charge in [-0.2, -0.15) is 0 Å². The second kappa shape index (κ2) is 5.11. The van der Waals surface area contributed by atoms with Crippen molar-refractivity contribution in [2.75, 3.05) is 19.6 Å². The molecule has 116 valence electrons. The fourth-order valence-electron chi connectivity index (χ4n) is 4.02. The summed E-state index contributed by atoms with van der Waals surface area (Å²) in [5, 5.41) is 0. The molecule has 1 aliphatic carbocycles. The molecule has 0 spiro atoms. The lowest BCUT2D eigenvalue weighted by Crippen LogP contribution is -2.37. The van der Waals surface area contributed by atoms with E-state index in [2.05, 4.69) is 0 Å². The highest BCUT2D eigenvalue weighted by molar-refractivity contribution is 5.89. The van der Waals surface area contributed by atoms with Crippen LogP contribution in [0.25, 0.3) is 0 Å². The summed E-state index contributed by atoms with van der Waals surface area (Å²) in [5.41, 5.74) is 1.13. The number of benzene rings is 1. The third-order valence-corrected chi connectivity index (χ3v) is 5.55. The van der Waals surface area contributed by atoms with Gasteiger partial charge in [-0.15, -0.1) is 0 Å². The fourth-order valence-corrected chi connectivity index (χ4v) is 4.02. The summed E-state index contributed by atoms with van der Waals surface area (Å²) in [6.45, 7) is 4.45. The Hall–Kier alpha value is -1.84. The van der Waals surface area contributed by atoms with Gasteiger partial charge >= 0.3 is 0 Å². The third-order valence-electron chi connectivity index (χ3n) is 5.55. The van der Waals surface area contributed by atoms with Crippen LogP contribution in [0.4, 0.5) is 0 Å². The van der Waals surface area contributed by atoms with Gasteiger partial charge in [-0.3, -0.25) is 9.59 Å². The molecule has 1 saturated carbocycles. The summed E-state index contributed by atoms with van der Waals surface area (Å²) in [6, 6.07) is 10.1. The molecule has 4 nitrogen and oxygen atoms in total. The molecule has 3 fully saturated rings. The molecule has 1 aromatic rings. The van der Waals surface area contributed by atoms with Crippen LogP contribution in [0.1, 0.15) is 31.4 Å². The maximum absolute atomic E-state index is 12.6. The summed E-state index contributed by atoms with van der Waals surface area (Å²) >= 11 is 0. The standard InChI is InChI=1S/C18H22N2O2/c1-12(13-5-3-2-4-6-13)20-11-16(8-17(20)21)18(22)19-9-14-7-15(14)10-19/h2-6,12,14-16H,7-11H2,1H3. The van der Waals surface area contributed by atoms with Crippen LogP contribution < -0.4 is 0 Å². The molecule has 1 aromatic carbocycles. The van der Waals surface area contributed by atoms with Gasteiger partial charge in [0.15, 0.2) is 0 Å². The van der Waals surface area contributed by atoms with Crippen molar-refractivity contribution in [1.29, 1.82) is 0 Å². The van der Waals surface area contributed by atoms with Crippen molar-refractivity contribution in [2.45, 2.75) is 25.8 Å². The van der Waals surface area contributed by atoms with Crippen molar-refractivity contribution in [2.24, 2.45) is 17.8 Å². The zero-order valence-electron chi connectivity index (χ0n) is 12.9. The van der Waals surface area contributed by atoms with E-state index in [0.717, 1.165) is 30.5 Å². The van der Waals surface area contributed by atoms with E-state index in [-0.39, 0.29) is 23.8 Å². The van der Waals surface area contributed by atoms with Crippen LogP contribution in [0.15, 0.2) is 30.3 Å². The van der Waals surface area contributed by atoms with Gasteiger partial charge in [-0.1, -0.05) is 30.3 Å². The monoisotopic (exact) mass is 298 g/mol. The molecule has 2 saturated heterocycles. The molecule has 0 aromatic heterocycles. The van der Waals surface area contributed by atoms with Crippen molar-refractivity contribution < 1.29 is 9.59 Å². The number of likely N-dealkylation sites (tertiary alicyclic amines) is 2. The second-order valence-corrected chi connectivity index (χ2v) is 7.03.